The first-order chi connectivity index (χ1) is 12.5. The second-order valence-corrected chi connectivity index (χ2v) is 7.75. The van der Waals surface area contributed by atoms with Crippen molar-refractivity contribution in [1.82, 2.24) is 9.97 Å². The number of amides is 1. The Morgan fingerprint density at radius 3 is 2.50 bits per heavy atom. The highest BCUT2D eigenvalue weighted by Crippen LogP contribution is 2.28. The van der Waals surface area contributed by atoms with Gasteiger partial charge >= 0.3 is 0 Å². The van der Waals surface area contributed by atoms with Gasteiger partial charge in [-0.15, -0.1) is 0 Å². The average molecular weight is 361 g/mol. The van der Waals surface area contributed by atoms with Crippen LogP contribution in [0.25, 0.3) is 0 Å². The fourth-order valence-corrected chi connectivity index (χ4v) is 4.09. The molecule has 3 rings (SSSR count). The number of nitrogens with two attached hydrogens (primary N) is 2. The number of rotatable bonds is 6. The number of hydrogen-bond donors (Lipinski definition) is 3. The van der Waals surface area contributed by atoms with Gasteiger partial charge in [-0.1, -0.05) is 0 Å². The lowest BCUT2D eigenvalue weighted by atomic mass is 9.85. The molecule has 1 amide bonds. The van der Waals surface area contributed by atoms with Crippen LogP contribution < -0.4 is 16.8 Å². The standard InChI is InChI=1S/C19H31N5O2/c1-26-15-8-2-12(3-9-15)10-17-22-11-16(18(21)25)19(24-17)23-14-6-4-13(20)5-7-14/h11-15H,2-10,20H2,1H3,(H2,21,25)(H,22,23,24). The van der Waals surface area contributed by atoms with Gasteiger partial charge in [0.2, 0.25) is 0 Å². The van der Waals surface area contributed by atoms with Gasteiger partial charge in [0.15, 0.2) is 0 Å². The quantitative estimate of drug-likeness (QED) is 0.714. The number of hydrogen-bond acceptors (Lipinski definition) is 6. The molecular formula is C19H31N5O2. The molecule has 2 aliphatic carbocycles. The molecule has 0 saturated heterocycles. The van der Waals surface area contributed by atoms with Crippen LogP contribution in [0, 0.1) is 5.92 Å². The molecule has 0 aliphatic heterocycles. The molecule has 7 heteroatoms. The van der Waals surface area contributed by atoms with Crippen molar-refractivity contribution in [2.24, 2.45) is 17.4 Å². The van der Waals surface area contributed by atoms with Crippen molar-refractivity contribution in [3.8, 4) is 0 Å². The van der Waals surface area contributed by atoms with Crippen LogP contribution in [-0.2, 0) is 11.2 Å². The number of carbonyl (C=O) groups excluding carboxylic acids is 1. The minimum Gasteiger partial charge on any atom is -0.381 e. The average Bonchev–Trinajstić information content (AvgIpc) is 2.64. The molecule has 144 valence electrons. The molecular weight excluding hydrogens is 330 g/mol. The molecule has 0 unspecified atom stereocenters. The molecule has 0 bridgehead atoms. The molecule has 7 nitrogen and oxygen atoms in total. The van der Waals surface area contributed by atoms with E-state index in [0.717, 1.165) is 63.6 Å². The second kappa shape index (κ2) is 8.77. The Morgan fingerprint density at radius 1 is 1.19 bits per heavy atom. The molecule has 26 heavy (non-hydrogen) atoms. The van der Waals surface area contributed by atoms with Crippen molar-refractivity contribution >= 4 is 11.7 Å². The maximum absolute atomic E-state index is 11.8. The predicted molar refractivity (Wildman–Crippen MR) is 101 cm³/mol. The first-order valence-corrected chi connectivity index (χ1v) is 9.75. The summed E-state index contributed by atoms with van der Waals surface area (Å²) in [4.78, 5) is 20.8. The number of nitrogens with one attached hydrogen (secondary N) is 1. The van der Waals surface area contributed by atoms with Crippen LogP contribution in [0.2, 0.25) is 0 Å². The molecule has 0 atom stereocenters. The Morgan fingerprint density at radius 2 is 1.88 bits per heavy atom. The van der Waals surface area contributed by atoms with Crippen molar-refractivity contribution in [3.63, 3.8) is 0 Å². The minimum atomic E-state index is -0.493. The van der Waals surface area contributed by atoms with E-state index in [9.17, 15) is 4.79 Å². The molecule has 1 aromatic heterocycles. The number of carbonyl (C=O) groups is 1. The van der Waals surface area contributed by atoms with E-state index < -0.39 is 5.91 Å². The number of ether oxygens (including phenoxy) is 1. The largest absolute Gasteiger partial charge is 0.381 e. The summed E-state index contributed by atoms with van der Waals surface area (Å²) in [5.74, 6) is 1.44. The van der Waals surface area contributed by atoms with Crippen LogP contribution in [0.4, 0.5) is 5.82 Å². The van der Waals surface area contributed by atoms with Gasteiger partial charge in [-0.3, -0.25) is 4.79 Å². The van der Waals surface area contributed by atoms with Crippen LogP contribution in [0.15, 0.2) is 6.20 Å². The summed E-state index contributed by atoms with van der Waals surface area (Å²) < 4.78 is 5.44. The van der Waals surface area contributed by atoms with Crippen LogP contribution in [0.1, 0.15) is 67.5 Å². The Hall–Kier alpha value is -1.73. The monoisotopic (exact) mass is 361 g/mol. The van der Waals surface area contributed by atoms with Crippen molar-refractivity contribution in [2.45, 2.75) is 76.0 Å². The van der Waals surface area contributed by atoms with Gasteiger partial charge in [-0.25, -0.2) is 9.97 Å². The third kappa shape index (κ3) is 4.92. The Balaban J connectivity index is 1.67. The molecule has 0 radical (unpaired) electrons. The third-order valence-electron chi connectivity index (χ3n) is 5.82. The second-order valence-electron chi connectivity index (χ2n) is 7.75. The van der Waals surface area contributed by atoms with E-state index in [1.807, 2.05) is 0 Å². The number of methoxy groups -OCH3 is 1. The molecule has 0 aromatic carbocycles. The summed E-state index contributed by atoms with van der Waals surface area (Å²) in [5.41, 5.74) is 11.9. The van der Waals surface area contributed by atoms with E-state index in [1.54, 1.807) is 13.3 Å². The van der Waals surface area contributed by atoms with Gasteiger partial charge in [-0.05, 0) is 57.3 Å². The smallest absolute Gasteiger partial charge is 0.254 e. The van der Waals surface area contributed by atoms with E-state index in [2.05, 4.69) is 15.3 Å². The predicted octanol–water partition coefficient (Wildman–Crippen LogP) is 2.00. The maximum atomic E-state index is 11.8. The first-order valence-electron chi connectivity index (χ1n) is 9.75. The first kappa shape index (κ1) is 19.0. The lowest BCUT2D eigenvalue weighted by Crippen LogP contribution is -2.33. The van der Waals surface area contributed by atoms with Gasteiger partial charge in [0.1, 0.15) is 11.6 Å². The van der Waals surface area contributed by atoms with Crippen LogP contribution >= 0.6 is 0 Å². The highest BCUT2D eigenvalue weighted by atomic mass is 16.5. The normalized spacial score (nSPS) is 29.3. The highest BCUT2D eigenvalue weighted by Gasteiger charge is 2.24. The zero-order chi connectivity index (χ0) is 18.5. The number of primary amides is 1. The van der Waals surface area contributed by atoms with Crippen molar-refractivity contribution in [1.29, 1.82) is 0 Å². The maximum Gasteiger partial charge on any atom is 0.254 e. The van der Waals surface area contributed by atoms with Crippen LogP contribution in [-0.4, -0.2) is 41.2 Å². The van der Waals surface area contributed by atoms with Gasteiger partial charge in [0.25, 0.3) is 5.91 Å². The van der Waals surface area contributed by atoms with Crippen LogP contribution in [0.5, 0.6) is 0 Å². The zero-order valence-electron chi connectivity index (χ0n) is 15.6. The number of anilines is 1. The summed E-state index contributed by atoms with van der Waals surface area (Å²) in [7, 11) is 1.78. The molecule has 0 spiro atoms. The molecule has 1 aromatic rings. The molecule has 2 fully saturated rings. The molecule has 2 aliphatic rings. The van der Waals surface area contributed by atoms with E-state index in [-0.39, 0.29) is 12.1 Å². The van der Waals surface area contributed by atoms with E-state index >= 15 is 0 Å². The fourth-order valence-electron chi connectivity index (χ4n) is 4.09. The SMILES string of the molecule is COC1CCC(Cc2ncc(C(N)=O)c(NC3CCC(N)CC3)n2)CC1. The topological polar surface area (TPSA) is 116 Å². The number of nitrogens with zero attached hydrogens (tertiary/aromatic N) is 2. The summed E-state index contributed by atoms with van der Waals surface area (Å²) >= 11 is 0. The van der Waals surface area contributed by atoms with Crippen molar-refractivity contribution < 1.29 is 9.53 Å². The highest BCUT2D eigenvalue weighted by molar-refractivity contribution is 5.97. The van der Waals surface area contributed by atoms with Gasteiger partial charge in [-0.2, -0.15) is 0 Å². The molecule has 5 N–H and O–H groups in total. The van der Waals surface area contributed by atoms with E-state index in [0.29, 0.717) is 23.4 Å². The summed E-state index contributed by atoms with van der Waals surface area (Å²) in [6.07, 6.45) is 11.2. The summed E-state index contributed by atoms with van der Waals surface area (Å²) in [6, 6.07) is 0.569. The summed E-state index contributed by atoms with van der Waals surface area (Å²) in [6.45, 7) is 0. The van der Waals surface area contributed by atoms with Gasteiger partial charge in [0.05, 0.1) is 11.7 Å². The minimum absolute atomic E-state index is 0.284. The number of aromatic nitrogens is 2. The van der Waals surface area contributed by atoms with Crippen molar-refractivity contribution in [2.75, 3.05) is 12.4 Å². The molecule has 2 saturated carbocycles. The van der Waals surface area contributed by atoms with E-state index in [1.165, 1.54) is 0 Å². The molecule has 1 heterocycles. The van der Waals surface area contributed by atoms with Crippen molar-refractivity contribution in [3.05, 3.63) is 17.6 Å². The van der Waals surface area contributed by atoms with Gasteiger partial charge in [0, 0.05) is 31.8 Å². The fraction of sp³-hybridized carbons (Fsp3) is 0.737. The van der Waals surface area contributed by atoms with Crippen LogP contribution in [0.3, 0.4) is 0 Å². The summed E-state index contributed by atoms with van der Waals surface area (Å²) in [5, 5.41) is 3.42. The van der Waals surface area contributed by atoms with Gasteiger partial charge < -0.3 is 21.5 Å². The lowest BCUT2D eigenvalue weighted by molar-refractivity contribution is 0.0566. The Labute approximate surface area is 155 Å². The van der Waals surface area contributed by atoms with E-state index in [4.69, 9.17) is 16.2 Å². The Bertz CT molecular complexity index is 608. The zero-order valence-corrected chi connectivity index (χ0v) is 15.6. The Kier molecular flexibility index (Phi) is 6.43. The lowest BCUT2D eigenvalue weighted by Gasteiger charge is -2.28. The third-order valence-corrected chi connectivity index (χ3v) is 5.82.